The molecular formula is C10H22NO5P. The van der Waals surface area contributed by atoms with Gasteiger partial charge in [0.15, 0.2) is 0 Å². The Balaban J connectivity index is 4.22. The quantitative estimate of drug-likeness (QED) is 0.566. The fourth-order valence-corrected chi connectivity index (χ4v) is 1.60. The maximum absolute atomic E-state index is 11.6. The third-order valence-electron chi connectivity index (χ3n) is 2.24. The van der Waals surface area contributed by atoms with Gasteiger partial charge in [-0.25, -0.2) is 0 Å². The molecule has 6 nitrogen and oxygen atoms in total. The first-order valence-electron chi connectivity index (χ1n) is 5.47. The fraction of sp³-hybridized carbons (Fsp3) is 0.900. The van der Waals surface area contributed by atoms with Crippen LogP contribution in [0, 0.1) is 5.41 Å². The predicted octanol–water partition coefficient (Wildman–Crippen LogP) is 0.782. The van der Waals surface area contributed by atoms with Crippen LogP contribution in [0.1, 0.15) is 27.2 Å². The van der Waals surface area contributed by atoms with E-state index in [9.17, 15) is 9.90 Å². The van der Waals surface area contributed by atoms with Gasteiger partial charge >= 0.3 is 8.60 Å². The van der Waals surface area contributed by atoms with E-state index in [1.807, 2.05) is 6.92 Å². The number of aliphatic hydroxyl groups excluding tert-OH is 1. The van der Waals surface area contributed by atoms with Crippen LogP contribution < -0.4 is 5.32 Å². The predicted molar refractivity (Wildman–Crippen MR) is 65.2 cm³/mol. The zero-order chi connectivity index (χ0) is 13.5. The highest BCUT2D eigenvalue weighted by molar-refractivity contribution is 7.40. The molecule has 0 fully saturated rings. The average Bonchev–Trinajstić information content (AvgIpc) is 2.31. The van der Waals surface area contributed by atoms with Crippen LogP contribution >= 0.6 is 8.60 Å². The van der Waals surface area contributed by atoms with Crippen molar-refractivity contribution in [1.82, 2.24) is 5.32 Å². The van der Waals surface area contributed by atoms with Crippen molar-refractivity contribution >= 4 is 14.5 Å². The lowest BCUT2D eigenvalue weighted by atomic mass is 9.87. The van der Waals surface area contributed by atoms with Crippen molar-refractivity contribution in [3.63, 3.8) is 0 Å². The second-order valence-electron chi connectivity index (χ2n) is 4.38. The summed E-state index contributed by atoms with van der Waals surface area (Å²) in [5.74, 6) is -0.430. The number of nitrogens with one attached hydrogen (secondary N) is 1. The van der Waals surface area contributed by atoms with Crippen LogP contribution in [0.4, 0.5) is 0 Å². The molecule has 0 radical (unpaired) electrons. The van der Waals surface area contributed by atoms with Gasteiger partial charge < -0.3 is 24.4 Å². The molecule has 2 unspecified atom stereocenters. The minimum atomic E-state index is -1.94. The Morgan fingerprint density at radius 3 is 2.59 bits per heavy atom. The van der Waals surface area contributed by atoms with Crippen LogP contribution in [-0.2, 0) is 13.8 Å². The summed E-state index contributed by atoms with van der Waals surface area (Å²) in [5, 5.41) is 12.5. The summed E-state index contributed by atoms with van der Waals surface area (Å²) in [7, 11) is -0.618. The molecule has 3 N–H and O–H groups in total. The first-order valence-corrected chi connectivity index (χ1v) is 6.60. The van der Waals surface area contributed by atoms with E-state index in [4.69, 9.17) is 9.42 Å². The molecule has 7 heteroatoms. The highest BCUT2D eigenvalue weighted by Gasteiger charge is 2.34. The van der Waals surface area contributed by atoms with Crippen molar-refractivity contribution in [3.05, 3.63) is 0 Å². The summed E-state index contributed by atoms with van der Waals surface area (Å²) in [6.45, 7) is 5.85. The van der Waals surface area contributed by atoms with Crippen molar-refractivity contribution in [2.75, 3.05) is 20.3 Å². The number of carbonyl (C=O) groups is 1. The third kappa shape index (κ3) is 6.29. The number of carbonyl (C=O) groups excluding carboxylic acids is 1. The van der Waals surface area contributed by atoms with Gasteiger partial charge in [0.05, 0.1) is 6.61 Å². The highest BCUT2D eigenvalue weighted by atomic mass is 31.2. The molecule has 0 bridgehead atoms. The summed E-state index contributed by atoms with van der Waals surface area (Å²) in [6, 6.07) is 0. The van der Waals surface area contributed by atoms with Gasteiger partial charge in [-0.3, -0.25) is 4.79 Å². The molecule has 0 aliphatic carbocycles. The van der Waals surface area contributed by atoms with Crippen LogP contribution in [0.3, 0.4) is 0 Å². The van der Waals surface area contributed by atoms with E-state index in [-0.39, 0.29) is 6.61 Å². The molecule has 0 aliphatic rings. The van der Waals surface area contributed by atoms with E-state index in [2.05, 4.69) is 9.84 Å². The zero-order valence-corrected chi connectivity index (χ0v) is 11.7. The minimum absolute atomic E-state index is 0.0315. The second-order valence-corrected chi connectivity index (χ2v) is 5.48. The minimum Gasteiger partial charge on any atom is -0.383 e. The van der Waals surface area contributed by atoms with E-state index in [0.717, 1.165) is 6.42 Å². The molecule has 0 rings (SSSR count). The van der Waals surface area contributed by atoms with Crippen LogP contribution in [0.25, 0.3) is 0 Å². The maximum atomic E-state index is 11.6. The van der Waals surface area contributed by atoms with Gasteiger partial charge in [-0.1, -0.05) is 20.8 Å². The second kappa shape index (κ2) is 7.95. The van der Waals surface area contributed by atoms with Crippen molar-refractivity contribution in [2.24, 2.45) is 5.41 Å². The maximum Gasteiger partial charge on any atom is 0.329 e. The molecule has 2 atom stereocenters. The van der Waals surface area contributed by atoms with Gasteiger partial charge in [-0.05, 0) is 6.42 Å². The Hall–Kier alpha value is -0.260. The molecule has 0 aromatic rings. The monoisotopic (exact) mass is 267 g/mol. The Morgan fingerprint density at radius 2 is 2.12 bits per heavy atom. The number of amides is 1. The molecule has 0 saturated carbocycles. The summed E-state index contributed by atoms with van der Waals surface area (Å²) in [6.07, 6.45) is -0.379. The molecule has 0 saturated heterocycles. The van der Waals surface area contributed by atoms with E-state index in [1.54, 1.807) is 13.8 Å². The number of aliphatic hydroxyl groups is 1. The number of hydrogen-bond acceptors (Lipinski definition) is 5. The van der Waals surface area contributed by atoms with Crippen LogP contribution in [-0.4, -0.2) is 42.3 Å². The Morgan fingerprint density at radius 1 is 1.53 bits per heavy atom. The van der Waals surface area contributed by atoms with Gasteiger partial charge in [-0.2, -0.15) is 0 Å². The lowest BCUT2D eigenvalue weighted by Gasteiger charge is -2.29. The smallest absolute Gasteiger partial charge is 0.329 e. The summed E-state index contributed by atoms with van der Waals surface area (Å²) >= 11 is 0. The lowest BCUT2D eigenvalue weighted by molar-refractivity contribution is -0.136. The van der Waals surface area contributed by atoms with Crippen LogP contribution in [0.15, 0.2) is 0 Å². The van der Waals surface area contributed by atoms with E-state index < -0.39 is 26.0 Å². The van der Waals surface area contributed by atoms with Crippen molar-refractivity contribution in [3.8, 4) is 0 Å². The molecule has 17 heavy (non-hydrogen) atoms. The lowest BCUT2D eigenvalue weighted by Crippen LogP contribution is -2.45. The normalized spacial score (nSPS) is 15.4. The fourth-order valence-electron chi connectivity index (χ4n) is 1.05. The van der Waals surface area contributed by atoms with Gasteiger partial charge in [0.1, 0.15) is 6.10 Å². The molecule has 102 valence electrons. The van der Waals surface area contributed by atoms with Gasteiger partial charge in [-0.15, -0.1) is 0 Å². The molecule has 0 heterocycles. The Kier molecular flexibility index (Phi) is 7.83. The molecule has 0 aromatic heterocycles. The topological polar surface area (TPSA) is 88.0 Å². The summed E-state index contributed by atoms with van der Waals surface area (Å²) in [4.78, 5) is 20.7. The number of hydrogen-bond donors (Lipinski definition) is 3. The number of rotatable bonds is 8. The van der Waals surface area contributed by atoms with E-state index in [0.29, 0.717) is 6.54 Å². The largest absolute Gasteiger partial charge is 0.383 e. The molecule has 0 aliphatic heterocycles. The molecule has 0 spiro atoms. The molecule has 0 aromatic carbocycles. The Labute approximate surface area is 103 Å². The van der Waals surface area contributed by atoms with Gasteiger partial charge in [0.25, 0.3) is 0 Å². The van der Waals surface area contributed by atoms with Crippen molar-refractivity contribution in [2.45, 2.75) is 33.3 Å². The Bertz CT molecular complexity index is 237. The van der Waals surface area contributed by atoms with Crippen LogP contribution in [0.5, 0.6) is 0 Å². The molecular weight excluding hydrogens is 245 g/mol. The van der Waals surface area contributed by atoms with Crippen molar-refractivity contribution in [1.29, 1.82) is 0 Å². The summed E-state index contributed by atoms with van der Waals surface area (Å²) in [5.41, 5.74) is -0.792. The van der Waals surface area contributed by atoms with E-state index in [1.165, 1.54) is 7.11 Å². The SMILES string of the molecule is CCCNC(=O)C(O)C(C)(C)COP(O)OC. The van der Waals surface area contributed by atoms with E-state index >= 15 is 0 Å². The van der Waals surface area contributed by atoms with Crippen molar-refractivity contribution < 1.29 is 23.8 Å². The van der Waals surface area contributed by atoms with Gasteiger partial charge in [0.2, 0.25) is 5.91 Å². The first kappa shape index (κ1) is 16.7. The zero-order valence-electron chi connectivity index (χ0n) is 10.8. The highest BCUT2D eigenvalue weighted by Crippen LogP contribution is 2.35. The van der Waals surface area contributed by atoms with Gasteiger partial charge in [0, 0.05) is 19.1 Å². The molecule has 1 amide bonds. The average molecular weight is 267 g/mol. The van der Waals surface area contributed by atoms with Crippen LogP contribution in [0.2, 0.25) is 0 Å². The summed E-state index contributed by atoms with van der Waals surface area (Å²) < 4.78 is 9.56. The first-order chi connectivity index (χ1) is 7.85. The standard InChI is InChI=1S/C10H22NO5P/c1-5-6-11-9(13)8(12)10(2,3)7-16-17(14)15-4/h8,12,14H,5-7H2,1-4H3,(H,11,13). The third-order valence-corrected chi connectivity index (χ3v) is 2.90.